The maximum absolute atomic E-state index is 14.0. The van der Waals surface area contributed by atoms with Crippen LogP contribution < -0.4 is 14.2 Å². The number of aromatic nitrogens is 2. The normalized spacial score (nSPS) is 14.0. The molecule has 2 unspecified atom stereocenters. The van der Waals surface area contributed by atoms with Crippen molar-refractivity contribution in [2.24, 2.45) is 5.92 Å². The van der Waals surface area contributed by atoms with Crippen LogP contribution in [0.25, 0.3) is 0 Å². The fourth-order valence-electron chi connectivity index (χ4n) is 5.15. The third kappa shape index (κ3) is 7.61. The first kappa shape index (κ1) is 32.8. The predicted octanol–water partition coefficient (Wildman–Crippen LogP) is 4.77. The number of benzene rings is 3. The van der Waals surface area contributed by atoms with Crippen LogP contribution in [-0.2, 0) is 29.6 Å². The summed E-state index contributed by atoms with van der Waals surface area (Å²) in [5, 5.41) is 21.9. The van der Waals surface area contributed by atoms with Crippen LogP contribution >= 0.6 is 0 Å². The van der Waals surface area contributed by atoms with Gasteiger partial charge in [0, 0.05) is 31.5 Å². The van der Waals surface area contributed by atoms with Crippen LogP contribution in [0.15, 0.2) is 90.1 Å². The molecule has 1 aromatic heterocycles. The van der Waals surface area contributed by atoms with Crippen molar-refractivity contribution in [3.8, 4) is 17.2 Å². The Kier molecular flexibility index (Phi) is 10.1. The first-order valence-corrected chi connectivity index (χ1v) is 16.3. The van der Waals surface area contributed by atoms with E-state index in [1.165, 1.54) is 25.1 Å². The van der Waals surface area contributed by atoms with E-state index in [1.54, 1.807) is 44.3 Å². The highest BCUT2D eigenvalue weighted by Gasteiger charge is 2.40. The minimum absolute atomic E-state index is 0.0387. The fourth-order valence-corrected chi connectivity index (χ4v) is 6.81. The van der Waals surface area contributed by atoms with Gasteiger partial charge in [0.1, 0.15) is 18.2 Å². The molecule has 4 aromatic rings. The Bertz CT molecular complexity index is 1730. The summed E-state index contributed by atoms with van der Waals surface area (Å²) in [6.07, 6.45) is 0.939. The second-order valence-electron chi connectivity index (χ2n) is 11.4. The lowest BCUT2D eigenvalue weighted by atomic mass is 10.0. The van der Waals surface area contributed by atoms with Gasteiger partial charge in [-0.05, 0) is 54.7 Å². The third-order valence-corrected chi connectivity index (χ3v) is 9.21. The predicted molar refractivity (Wildman–Crippen MR) is 169 cm³/mol. The summed E-state index contributed by atoms with van der Waals surface area (Å²) in [5.74, 6) is 1.75. The van der Waals surface area contributed by atoms with Gasteiger partial charge in [0.05, 0.1) is 17.0 Å². The first-order valence-electron chi connectivity index (χ1n) is 14.9. The molecule has 5 rings (SSSR count). The number of imidazole rings is 1. The van der Waals surface area contributed by atoms with Crippen molar-refractivity contribution in [2.75, 3.05) is 13.3 Å². The molecule has 3 aromatic carbocycles. The highest BCUT2D eigenvalue weighted by molar-refractivity contribution is 7.89. The van der Waals surface area contributed by atoms with E-state index in [4.69, 9.17) is 14.2 Å². The van der Waals surface area contributed by atoms with Gasteiger partial charge >= 0.3 is 6.09 Å². The standard InChI is InChI=1S/C33H38N4O8S/c1-23(2)19-36(46(41,42)28-13-14-30-31(18-28)45-22-44-30)37(33(39)40)29(24(3)38)17-25-9-11-27(12-10-25)43-21-32-34-15-16-35(32)20-26-7-5-4-6-8-26/h4-16,18,23-24,29,38H,17,19-22H2,1-3H3,(H,39,40). The molecule has 13 heteroatoms. The van der Waals surface area contributed by atoms with Crippen LogP contribution in [0.5, 0.6) is 17.2 Å². The Morgan fingerprint density at radius 1 is 1.00 bits per heavy atom. The molecule has 1 amide bonds. The molecule has 0 bridgehead atoms. The summed E-state index contributed by atoms with van der Waals surface area (Å²) < 4.78 is 47.4. The van der Waals surface area contributed by atoms with Crippen molar-refractivity contribution in [1.29, 1.82) is 0 Å². The van der Waals surface area contributed by atoms with E-state index in [1.807, 2.05) is 41.1 Å². The number of hydrogen-bond donors (Lipinski definition) is 2. The van der Waals surface area contributed by atoms with Gasteiger partial charge < -0.3 is 29.0 Å². The molecular weight excluding hydrogens is 612 g/mol. The average Bonchev–Trinajstić information content (AvgIpc) is 3.68. The molecular formula is C33H38N4O8S. The summed E-state index contributed by atoms with van der Waals surface area (Å²) in [5.41, 5.74) is 1.82. The van der Waals surface area contributed by atoms with E-state index in [0.29, 0.717) is 23.6 Å². The molecule has 0 spiro atoms. The molecule has 2 heterocycles. The quantitative estimate of drug-likeness (QED) is 0.184. The molecule has 1 aliphatic heterocycles. The number of hydrogen-bond acceptors (Lipinski definition) is 8. The van der Waals surface area contributed by atoms with Gasteiger partial charge in [0.15, 0.2) is 11.5 Å². The highest BCUT2D eigenvalue weighted by atomic mass is 32.2. The van der Waals surface area contributed by atoms with Crippen molar-refractivity contribution < 1.29 is 37.6 Å². The number of ether oxygens (including phenoxy) is 3. The monoisotopic (exact) mass is 650 g/mol. The number of hydrazine groups is 1. The zero-order chi connectivity index (χ0) is 32.8. The molecule has 0 radical (unpaired) electrons. The van der Waals surface area contributed by atoms with Crippen molar-refractivity contribution in [2.45, 2.75) is 57.4 Å². The molecule has 1 aliphatic rings. The Hall–Kier alpha value is -4.59. The number of sulfonamides is 1. The van der Waals surface area contributed by atoms with Gasteiger partial charge in [-0.1, -0.05) is 56.3 Å². The van der Waals surface area contributed by atoms with Crippen molar-refractivity contribution in [3.63, 3.8) is 0 Å². The fraction of sp³-hybridized carbons (Fsp3) is 0.333. The molecule has 0 aliphatic carbocycles. The highest BCUT2D eigenvalue weighted by Crippen LogP contribution is 2.35. The largest absolute Gasteiger partial charge is 0.486 e. The van der Waals surface area contributed by atoms with E-state index in [0.717, 1.165) is 20.8 Å². The van der Waals surface area contributed by atoms with Crippen LogP contribution in [0.4, 0.5) is 4.79 Å². The minimum atomic E-state index is -4.39. The molecule has 0 fully saturated rings. The number of nitrogens with zero attached hydrogens (tertiary/aromatic N) is 4. The molecule has 0 saturated carbocycles. The number of carboxylic acid groups (broad SMARTS) is 1. The topological polar surface area (TPSA) is 144 Å². The third-order valence-electron chi connectivity index (χ3n) is 7.48. The summed E-state index contributed by atoms with van der Waals surface area (Å²) >= 11 is 0. The molecule has 46 heavy (non-hydrogen) atoms. The van der Waals surface area contributed by atoms with Crippen LogP contribution in [0.1, 0.15) is 37.7 Å². The van der Waals surface area contributed by atoms with Gasteiger partial charge in [-0.3, -0.25) is 0 Å². The molecule has 2 atom stereocenters. The Morgan fingerprint density at radius 3 is 2.39 bits per heavy atom. The zero-order valence-corrected chi connectivity index (χ0v) is 26.7. The number of aliphatic hydroxyl groups is 1. The molecule has 0 saturated heterocycles. The first-order chi connectivity index (χ1) is 22.0. The Labute approximate surface area is 268 Å². The molecule has 2 N–H and O–H groups in total. The summed E-state index contributed by atoms with van der Waals surface area (Å²) in [4.78, 5) is 17.0. The van der Waals surface area contributed by atoms with Gasteiger partial charge in [-0.2, -0.15) is 0 Å². The van der Waals surface area contributed by atoms with E-state index >= 15 is 0 Å². The van der Waals surface area contributed by atoms with Crippen LogP contribution in [0, 0.1) is 5.92 Å². The maximum atomic E-state index is 14.0. The maximum Gasteiger partial charge on any atom is 0.423 e. The van der Waals surface area contributed by atoms with E-state index in [9.17, 15) is 23.4 Å². The second kappa shape index (κ2) is 14.2. The van der Waals surface area contributed by atoms with Crippen LogP contribution in [-0.4, -0.2) is 69.2 Å². The zero-order valence-electron chi connectivity index (χ0n) is 25.9. The average molecular weight is 651 g/mol. The number of fused-ring (bicyclic) bond motifs is 1. The van der Waals surface area contributed by atoms with Crippen molar-refractivity contribution >= 4 is 16.1 Å². The van der Waals surface area contributed by atoms with E-state index in [-0.39, 0.29) is 42.9 Å². The van der Waals surface area contributed by atoms with Gasteiger partial charge in [-0.15, -0.1) is 4.41 Å². The lowest BCUT2D eigenvalue weighted by molar-refractivity contribution is -0.0277. The van der Waals surface area contributed by atoms with Crippen molar-refractivity contribution in [3.05, 3.63) is 102 Å². The van der Waals surface area contributed by atoms with E-state index < -0.39 is 28.3 Å². The second-order valence-corrected chi connectivity index (χ2v) is 13.3. The Balaban J connectivity index is 1.33. The van der Waals surface area contributed by atoms with E-state index in [2.05, 4.69) is 4.98 Å². The van der Waals surface area contributed by atoms with Gasteiger partial charge in [-0.25, -0.2) is 23.2 Å². The Morgan fingerprint density at radius 2 is 1.72 bits per heavy atom. The molecule has 12 nitrogen and oxygen atoms in total. The summed E-state index contributed by atoms with van der Waals surface area (Å²) in [6.45, 7) is 5.73. The van der Waals surface area contributed by atoms with Crippen molar-refractivity contribution in [1.82, 2.24) is 19.0 Å². The minimum Gasteiger partial charge on any atom is -0.486 e. The number of carbonyl (C=O) groups is 1. The van der Waals surface area contributed by atoms with Crippen LogP contribution in [0.2, 0.25) is 0 Å². The number of aliphatic hydroxyl groups excluding tert-OH is 1. The van der Waals surface area contributed by atoms with Gasteiger partial charge in [0.25, 0.3) is 10.0 Å². The van der Waals surface area contributed by atoms with Crippen LogP contribution in [0.3, 0.4) is 0 Å². The molecule has 244 valence electrons. The SMILES string of the molecule is CC(C)CN(N(C(=O)O)C(Cc1ccc(OCc2nccn2Cc2ccccc2)cc1)C(C)O)S(=O)(=O)c1ccc2c(c1)OCO2. The lowest BCUT2D eigenvalue weighted by Gasteiger charge is -2.39. The summed E-state index contributed by atoms with van der Waals surface area (Å²) in [6, 6.07) is 20.1. The number of rotatable bonds is 14. The smallest absolute Gasteiger partial charge is 0.423 e. The number of amides is 1. The summed E-state index contributed by atoms with van der Waals surface area (Å²) in [7, 11) is -4.39. The van der Waals surface area contributed by atoms with Gasteiger partial charge in [0.2, 0.25) is 6.79 Å². The lowest BCUT2D eigenvalue weighted by Crippen LogP contribution is -2.58.